The minimum atomic E-state index is -0.909. The van der Waals surface area contributed by atoms with Crippen LogP contribution in [0, 0.1) is 10.1 Å². The van der Waals surface area contributed by atoms with Crippen molar-refractivity contribution in [3.8, 4) is 0 Å². The molecule has 0 heterocycles. The molecule has 0 fully saturated rings. The first kappa shape index (κ1) is 16.9. The summed E-state index contributed by atoms with van der Waals surface area (Å²) in [6.07, 6.45) is 1.08. The Morgan fingerprint density at radius 3 is 2.48 bits per heavy atom. The normalized spacial score (nSPS) is 11.0. The summed E-state index contributed by atoms with van der Waals surface area (Å²) in [6.45, 7) is 3.92. The molecule has 3 N–H and O–H groups in total. The average molecular weight is 295 g/mol. The molecule has 1 aromatic carbocycles. The Bertz CT molecular complexity index is 527. The Morgan fingerprint density at radius 2 is 2.00 bits per heavy atom. The molecule has 1 amide bonds. The smallest absolute Gasteiger partial charge is 0.293 e. The molecule has 0 saturated carbocycles. The molecule has 0 bridgehead atoms. The maximum absolute atomic E-state index is 11.5. The van der Waals surface area contributed by atoms with Crippen molar-refractivity contribution in [3.63, 3.8) is 0 Å². The molecule has 0 aliphatic heterocycles. The lowest BCUT2D eigenvalue weighted by atomic mass is 9.97. The van der Waals surface area contributed by atoms with Gasteiger partial charge in [0.15, 0.2) is 0 Å². The van der Waals surface area contributed by atoms with Gasteiger partial charge in [0.25, 0.3) is 11.6 Å². The molecule has 0 aromatic heterocycles. The van der Waals surface area contributed by atoms with E-state index < -0.39 is 10.5 Å². The van der Waals surface area contributed by atoms with E-state index in [9.17, 15) is 20.0 Å². The Hall–Kier alpha value is -2.15. The molecular weight excluding hydrogens is 274 g/mol. The summed E-state index contributed by atoms with van der Waals surface area (Å²) in [5, 5.41) is 26.6. The van der Waals surface area contributed by atoms with Crippen LogP contribution in [0.3, 0.4) is 0 Å². The number of rotatable bonds is 7. The third-order valence-electron chi connectivity index (χ3n) is 3.61. The van der Waals surface area contributed by atoms with E-state index in [2.05, 4.69) is 10.6 Å². The number of nitro groups is 1. The Morgan fingerprint density at radius 1 is 1.38 bits per heavy atom. The van der Waals surface area contributed by atoms with Crippen molar-refractivity contribution in [2.45, 2.75) is 32.3 Å². The fraction of sp³-hybridized carbons (Fsp3) is 0.500. The van der Waals surface area contributed by atoms with Crippen molar-refractivity contribution in [1.82, 2.24) is 5.32 Å². The van der Waals surface area contributed by atoms with E-state index in [-0.39, 0.29) is 29.4 Å². The summed E-state index contributed by atoms with van der Waals surface area (Å²) < 4.78 is 0. The largest absolute Gasteiger partial charge is 0.388 e. The van der Waals surface area contributed by atoms with Crippen LogP contribution >= 0.6 is 0 Å². The van der Waals surface area contributed by atoms with Gasteiger partial charge in [-0.3, -0.25) is 14.9 Å². The van der Waals surface area contributed by atoms with E-state index in [0.717, 1.165) is 0 Å². The molecule has 21 heavy (non-hydrogen) atoms. The van der Waals surface area contributed by atoms with Gasteiger partial charge in [0.2, 0.25) is 0 Å². The molecule has 0 aliphatic rings. The first-order valence-electron chi connectivity index (χ1n) is 6.83. The van der Waals surface area contributed by atoms with Crippen LogP contribution in [-0.2, 0) is 0 Å². The summed E-state index contributed by atoms with van der Waals surface area (Å²) >= 11 is 0. The molecule has 0 saturated heterocycles. The summed E-state index contributed by atoms with van der Waals surface area (Å²) in [7, 11) is 1.46. The number of aliphatic hydroxyl groups is 1. The van der Waals surface area contributed by atoms with Gasteiger partial charge >= 0.3 is 0 Å². The van der Waals surface area contributed by atoms with Crippen LogP contribution in [0.15, 0.2) is 18.2 Å². The van der Waals surface area contributed by atoms with Crippen LogP contribution < -0.4 is 10.6 Å². The number of nitrogens with zero attached hydrogens (tertiary/aromatic N) is 1. The minimum Gasteiger partial charge on any atom is -0.388 e. The topological polar surface area (TPSA) is 104 Å². The quantitative estimate of drug-likeness (QED) is 0.526. The third kappa shape index (κ3) is 4.16. The first-order chi connectivity index (χ1) is 9.86. The standard InChI is InChI=1S/C14H21N3O4/c1-4-14(19,5-2)9-16-11-7-6-10(13(18)15-3)8-12(11)17(20)21/h6-8,16,19H,4-5,9H2,1-3H3,(H,15,18). The van der Waals surface area contributed by atoms with Crippen molar-refractivity contribution < 1.29 is 14.8 Å². The summed E-state index contributed by atoms with van der Waals surface area (Å²) in [6, 6.07) is 4.21. The number of anilines is 1. The van der Waals surface area contributed by atoms with Crippen molar-refractivity contribution in [3.05, 3.63) is 33.9 Å². The second-order valence-electron chi connectivity index (χ2n) is 4.85. The molecule has 7 heteroatoms. The molecule has 0 radical (unpaired) electrons. The highest BCUT2D eigenvalue weighted by molar-refractivity contribution is 5.95. The summed E-state index contributed by atoms with van der Waals surface area (Å²) in [5.41, 5.74) is -0.595. The fourth-order valence-electron chi connectivity index (χ4n) is 1.88. The van der Waals surface area contributed by atoms with Crippen LogP contribution in [0.1, 0.15) is 37.0 Å². The van der Waals surface area contributed by atoms with E-state index in [4.69, 9.17) is 0 Å². The van der Waals surface area contributed by atoms with Gasteiger partial charge in [-0.15, -0.1) is 0 Å². The monoisotopic (exact) mass is 295 g/mol. The van der Waals surface area contributed by atoms with Crippen LogP contribution in [0.4, 0.5) is 11.4 Å². The van der Waals surface area contributed by atoms with Gasteiger partial charge in [-0.1, -0.05) is 13.8 Å². The first-order valence-corrected chi connectivity index (χ1v) is 6.83. The van der Waals surface area contributed by atoms with Gasteiger partial charge in [-0.2, -0.15) is 0 Å². The molecule has 1 aromatic rings. The van der Waals surface area contributed by atoms with Gasteiger partial charge in [-0.05, 0) is 25.0 Å². The second kappa shape index (κ2) is 7.03. The highest BCUT2D eigenvalue weighted by Crippen LogP contribution is 2.27. The lowest BCUT2D eigenvalue weighted by molar-refractivity contribution is -0.384. The molecule has 0 atom stereocenters. The summed E-state index contributed by atoms with van der Waals surface area (Å²) in [4.78, 5) is 22.1. The molecular formula is C14H21N3O4. The van der Waals surface area contributed by atoms with Crippen molar-refractivity contribution in [1.29, 1.82) is 0 Å². The molecule has 0 aliphatic carbocycles. The van der Waals surface area contributed by atoms with E-state index >= 15 is 0 Å². The molecule has 116 valence electrons. The van der Waals surface area contributed by atoms with E-state index in [1.165, 1.54) is 25.2 Å². The number of nitrogens with one attached hydrogen (secondary N) is 2. The van der Waals surface area contributed by atoms with Crippen LogP contribution in [0.25, 0.3) is 0 Å². The SMILES string of the molecule is CCC(O)(CC)CNc1ccc(C(=O)NC)cc1[N+](=O)[O-]. The van der Waals surface area contributed by atoms with Gasteiger partial charge < -0.3 is 15.7 Å². The van der Waals surface area contributed by atoms with Crippen LogP contribution in [0.5, 0.6) is 0 Å². The third-order valence-corrected chi connectivity index (χ3v) is 3.61. The van der Waals surface area contributed by atoms with E-state index in [0.29, 0.717) is 12.8 Å². The van der Waals surface area contributed by atoms with Gasteiger partial charge in [0.05, 0.1) is 10.5 Å². The van der Waals surface area contributed by atoms with Crippen LogP contribution in [0.2, 0.25) is 0 Å². The number of hydrogen-bond donors (Lipinski definition) is 3. The zero-order chi connectivity index (χ0) is 16.0. The molecule has 1 rings (SSSR count). The van der Waals surface area contributed by atoms with Crippen LogP contribution in [-0.4, -0.2) is 35.1 Å². The molecule has 0 spiro atoms. The fourth-order valence-corrected chi connectivity index (χ4v) is 1.88. The number of hydrogen-bond acceptors (Lipinski definition) is 5. The second-order valence-corrected chi connectivity index (χ2v) is 4.85. The number of amides is 1. The Kier molecular flexibility index (Phi) is 5.66. The zero-order valence-corrected chi connectivity index (χ0v) is 12.5. The van der Waals surface area contributed by atoms with Crippen molar-refractivity contribution in [2.24, 2.45) is 0 Å². The highest BCUT2D eigenvalue weighted by Gasteiger charge is 2.24. The number of carbonyl (C=O) groups is 1. The zero-order valence-electron chi connectivity index (χ0n) is 12.5. The lowest BCUT2D eigenvalue weighted by Gasteiger charge is -2.25. The van der Waals surface area contributed by atoms with E-state index in [1.807, 2.05) is 13.8 Å². The summed E-state index contributed by atoms with van der Waals surface area (Å²) in [5.74, 6) is -0.386. The van der Waals surface area contributed by atoms with Crippen molar-refractivity contribution >= 4 is 17.3 Å². The maximum Gasteiger partial charge on any atom is 0.293 e. The predicted octanol–water partition coefficient (Wildman–Crippen LogP) is 1.92. The predicted molar refractivity (Wildman–Crippen MR) is 80.5 cm³/mol. The van der Waals surface area contributed by atoms with Gasteiger partial charge in [-0.25, -0.2) is 0 Å². The molecule has 0 unspecified atom stereocenters. The Balaban J connectivity index is 3.02. The number of benzene rings is 1. The van der Waals surface area contributed by atoms with Gasteiger partial charge in [0.1, 0.15) is 5.69 Å². The Labute approximate surface area is 123 Å². The average Bonchev–Trinajstić information content (AvgIpc) is 2.51. The highest BCUT2D eigenvalue weighted by atomic mass is 16.6. The number of nitro benzene ring substituents is 1. The van der Waals surface area contributed by atoms with Gasteiger partial charge in [0, 0.05) is 25.2 Å². The van der Waals surface area contributed by atoms with E-state index in [1.54, 1.807) is 0 Å². The molecule has 7 nitrogen and oxygen atoms in total. The lowest BCUT2D eigenvalue weighted by Crippen LogP contribution is -2.35. The minimum absolute atomic E-state index is 0.189. The maximum atomic E-state index is 11.5. The van der Waals surface area contributed by atoms with Crippen molar-refractivity contribution in [2.75, 3.05) is 18.9 Å². The number of carbonyl (C=O) groups excluding carboxylic acids is 1.